The molecule has 2 heterocycles. The number of aromatic nitrogens is 2. The molecule has 0 aliphatic rings. The Morgan fingerprint density at radius 1 is 1.47 bits per heavy atom. The first-order valence-corrected chi connectivity index (χ1v) is 5.21. The largest absolute Gasteiger partial charge is 0.291 e. The number of rotatable bonds is 1. The summed E-state index contributed by atoms with van der Waals surface area (Å²) in [5.74, 6) is 0.753. The third kappa shape index (κ3) is 1.92. The van der Waals surface area contributed by atoms with Gasteiger partial charge in [-0.15, -0.1) is 0 Å². The van der Waals surface area contributed by atoms with Crippen molar-refractivity contribution in [1.29, 1.82) is 5.26 Å². The maximum Gasteiger partial charge on any atom is 0.137 e. The van der Waals surface area contributed by atoms with E-state index in [4.69, 9.17) is 5.26 Å². The molecule has 0 amide bonds. The zero-order valence-corrected chi connectivity index (χ0v) is 9.69. The molecule has 2 rings (SSSR count). The lowest BCUT2D eigenvalue weighted by atomic mass is 10.3. The lowest BCUT2D eigenvalue weighted by molar-refractivity contribution is 0.982. The van der Waals surface area contributed by atoms with Crippen molar-refractivity contribution in [2.45, 2.75) is 6.92 Å². The number of pyridine rings is 1. The van der Waals surface area contributed by atoms with Crippen LogP contribution in [0.15, 0.2) is 35.1 Å². The fraction of sp³-hybridized carbons (Fsp3) is 0.0909. The molecule has 0 saturated carbocycles. The quantitative estimate of drug-likeness (QED) is 0.792. The van der Waals surface area contributed by atoms with E-state index in [-0.39, 0.29) is 0 Å². The summed E-state index contributed by atoms with van der Waals surface area (Å²) >= 11 is 3.34. The predicted octanol–water partition coefficient (Wildman–Crippen LogP) is 2.81. The Labute approximate surface area is 96.1 Å². The Kier molecular flexibility index (Phi) is 2.57. The van der Waals surface area contributed by atoms with Crippen molar-refractivity contribution in [3.8, 4) is 11.9 Å². The Morgan fingerprint density at radius 3 is 2.87 bits per heavy atom. The van der Waals surface area contributed by atoms with E-state index >= 15 is 0 Å². The van der Waals surface area contributed by atoms with Crippen molar-refractivity contribution < 1.29 is 0 Å². The van der Waals surface area contributed by atoms with E-state index in [1.54, 1.807) is 16.8 Å². The van der Waals surface area contributed by atoms with Crippen molar-refractivity contribution in [3.05, 3.63) is 46.3 Å². The molecule has 2 aromatic rings. The topological polar surface area (TPSA) is 41.6 Å². The van der Waals surface area contributed by atoms with Crippen molar-refractivity contribution >= 4 is 15.9 Å². The maximum absolute atomic E-state index is 8.93. The molecule has 4 heteroatoms. The van der Waals surface area contributed by atoms with Crippen LogP contribution in [0.4, 0.5) is 0 Å². The minimum atomic E-state index is 0.568. The van der Waals surface area contributed by atoms with Crippen LogP contribution in [0.1, 0.15) is 11.3 Å². The Morgan fingerprint density at radius 2 is 2.27 bits per heavy atom. The highest BCUT2D eigenvalue weighted by Gasteiger charge is 2.05. The second-order valence-electron chi connectivity index (χ2n) is 3.22. The molecule has 74 valence electrons. The van der Waals surface area contributed by atoms with E-state index in [0.29, 0.717) is 5.69 Å². The fourth-order valence-electron chi connectivity index (χ4n) is 1.31. The van der Waals surface area contributed by atoms with Gasteiger partial charge in [0.15, 0.2) is 0 Å². The zero-order valence-electron chi connectivity index (χ0n) is 8.11. The fourth-order valence-corrected chi connectivity index (χ4v) is 1.73. The number of hydrogen-bond donors (Lipinski definition) is 0. The van der Waals surface area contributed by atoms with Crippen molar-refractivity contribution in [2.75, 3.05) is 0 Å². The summed E-state index contributed by atoms with van der Waals surface area (Å²) in [5.41, 5.74) is 1.67. The van der Waals surface area contributed by atoms with E-state index in [2.05, 4.69) is 27.0 Å². The molecule has 3 nitrogen and oxygen atoms in total. The maximum atomic E-state index is 8.93. The van der Waals surface area contributed by atoms with Gasteiger partial charge in [0, 0.05) is 16.9 Å². The van der Waals surface area contributed by atoms with Crippen molar-refractivity contribution in [2.24, 2.45) is 0 Å². The molecular formula is C11H8BrN3. The van der Waals surface area contributed by atoms with Gasteiger partial charge in [-0.25, -0.2) is 4.98 Å². The van der Waals surface area contributed by atoms with Crippen LogP contribution in [0.2, 0.25) is 0 Å². The minimum absolute atomic E-state index is 0.568. The summed E-state index contributed by atoms with van der Waals surface area (Å²) in [5, 5.41) is 8.93. The number of halogens is 1. The molecule has 0 aliphatic carbocycles. The summed E-state index contributed by atoms with van der Waals surface area (Å²) < 4.78 is 2.63. The first-order chi connectivity index (χ1) is 7.20. The van der Waals surface area contributed by atoms with Crippen LogP contribution in [-0.2, 0) is 0 Å². The van der Waals surface area contributed by atoms with Crippen molar-refractivity contribution in [3.63, 3.8) is 0 Å². The van der Waals surface area contributed by atoms with Gasteiger partial charge in [-0.3, -0.25) is 4.57 Å². The van der Waals surface area contributed by atoms with Gasteiger partial charge >= 0.3 is 0 Å². The number of nitriles is 1. The first kappa shape index (κ1) is 9.94. The van der Waals surface area contributed by atoms with Crippen LogP contribution in [0.25, 0.3) is 5.82 Å². The van der Waals surface area contributed by atoms with Gasteiger partial charge in [0.05, 0.1) is 0 Å². The minimum Gasteiger partial charge on any atom is -0.291 e. The highest BCUT2D eigenvalue weighted by atomic mass is 79.9. The van der Waals surface area contributed by atoms with Gasteiger partial charge in [-0.1, -0.05) is 6.07 Å². The van der Waals surface area contributed by atoms with Crippen LogP contribution in [0.3, 0.4) is 0 Å². The molecule has 0 aromatic carbocycles. The second kappa shape index (κ2) is 3.87. The summed E-state index contributed by atoms with van der Waals surface area (Å²) in [6, 6.07) is 7.75. The summed E-state index contributed by atoms with van der Waals surface area (Å²) in [7, 11) is 0. The van der Waals surface area contributed by atoms with Crippen molar-refractivity contribution in [1.82, 2.24) is 9.55 Å². The molecule has 2 aromatic heterocycles. The zero-order chi connectivity index (χ0) is 10.8. The van der Waals surface area contributed by atoms with E-state index < -0.39 is 0 Å². The average Bonchev–Trinajstić information content (AvgIpc) is 2.61. The molecule has 15 heavy (non-hydrogen) atoms. The Balaban J connectivity index is 2.54. The lowest BCUT2D eigenvalue weighted by Crippen LogP contribution is -1.97. The lowest BCUT2D eigenvalue weighted by Gasteiger charge is -2.02. The van der Waals surface area contributed by atoms with E-state index in [0.717, 1.165) is 15.9 Å². The third-order valence-corrected chi connectivity index (χ3v) is 2.48. The third-order valence-electron chi connectivity index (χ3n) is 2.04. The normalized spacial score (nSPS) is 9.93. The standard InChI is InChI=1S/C11H8BrN3/c1-8-2-3-11(14-6-8)15-7-9(12)4-10(15)5-13/h2-4,6-7H,1H3. The second-order valence-corrected chi connectivity index (χ2v) is 4.13. The van der Waals surface area contributed by atoms with E-state index in [9.17, 15) is 0 Å². The van der Waals surface area contributed by atoms with Crippen LogP contribution in [0, 0.1) is 18.3 Å². The molecule has 0 spiro atoms. The number of nitrogens with zero attached hydrogens (tertiary/aromatic N) is 3. The molecule has 0 N–H and O–H groups in total. The first-order valence-electron chi connectivity index (χ1n) is 4.42. The summed E-state index contributed by atoms with van der Waals surface area (Å²) in [6.45, 7) is 1.98. The number of hydrogen-bond acceptors (Lipinski definition) is 2. The van der Waals surface area contributed by atoms with Crippen LogP contribution >= 0.6 is 15.9 Å². The van der Waals surface area contributed by atoms with E-state index in [1.807, 2.05) is 25.3 Å². The van der Waals surface area contributed by atoms with Gasteiger partial charge < -0.3 is 0 Å². The summed E-state index contributed by atoms with van der Waals surface area (Å²) in [4.78, 5) is 4.26. The van der Waals surface area contributed by atoms with Gasteiger partial charge in [0.1, 0.15) is 17.6 Å². The molecule has 0 unspecified atom stereocenters. The molecule has 0 bridgehead atoms. The van der Waals surface area contributed by atoms with Crippen LogP contribution in [0.5, 0.6) is 0 Å². The Hall–Kier alpha value is -1.60. The van der Waals surface area contributed by atoms with E-state index in [1.165, 1.54) is 0 Å². The van der Waals surface area contributed by atoms with Gasteiger partial charge in [-0.05, 0) is 40.5 Å². The van der Waals surface area contributed by atoms with Crippen LogP contribution < -0.4 is 0 Å². The molecular weight excluding hydrogens is 254 g/mol. The average molecular weight is 262 g/mol. The van der Waals surface area contributed by atoms with Gasteiger partial charge in [0.25, 0.3) is 0 Å². The smallest absolute Gasteiger partial charge is 0.137 e. The molecule has 0 atom stereocenters. The van der Waals surface area contributed by atoms with Gasteiger partial charge in [-0.2, -0.15) is 5.26 Å². The van der Waals surface area contributed by atoms with Gasteiger partial charge in [0.2, 0.25) is 0 Å². The molecule has 0 saturated heterocycles. The summed E-state index contributed by atoms with van der Waals surface area (Å²) in [6.07, 6.45) is 3.61. The highest BCUT2D eigenvalue weighted by molar-refractivity contribution is 9.10. The highest BCUT2D eigenvalue weighted by Crippen LogP contribution is 2.18. The molecule has 0 aliphatic heterocycles. The monoisotopic (exact) mass is 261 g/mol. The molecule has 0 radical (unpaired) electrons. The van der Waals surface area contributed by atoms with Crippen LogP contribution in [-0.4, -0.2) is 9.55 Å². The SMILES string of the molecule is Cc1ccc(-n2cc(Br)cc2C#N)nc1. The predicted molar refractivity (Wildman–Crippen MR) is 60.7 cm³/mol. The number of aryl methyl sites for hydroxylation is 1. The Bertz CT molecular complexity index is 520. The molecule has 0 fully saturated rings.